The minimum atomic E-state index is -3.05. The molecule has 0 aliphatic heterocycles. The average molecular weight is 315 g/mol. The fourth-order valence-corrected chi connectivity index (χ4v) is 2.24. The number of benzene rings is 1. The SMILES string of the molecule is CC(C)S(=O)(=O)CCOc1ccc(C#CCCCl)cc1. The van der Waals surface area contributed by atoms with Crippen LogP contribution in [0.4, 0.5) is 0 Å². The van der Waals surface area contributed by atoms with E-state index in [4.69, 9.17) is 16.3 Å². The van der Waals surface area contributed by atoms with Crippen LogP contribution in [-0.2, 0) is 9.84 Å². The Morgan fingerprint density at radius 1 is 1.25 bits per heavy atom. The molecule has 0 aliphatic rings. The van der Waals surface area contributed by atoms with E-state index in [0.29, 0.717) is 18.1 Å². The molecule has 110 valence electrons. The van der Waals surface area contributed by atoms with Crippen molar-refractivity contribution in [3.05, 3.63) is 29.8 Å². The molecule has 1 aromatic rings. The van der Waals surface area contributed by atoms with Crippen LogP contribution in [0.1, 0.15) is 25.8 Å². The third-order valence-corrected chi connectivity index (χ3v) is 5.02. The van der Waals surface area contributed by atoms with Crippen molar-refractivity contribution >= 4 is 21.4 Å². The van der Waals surface area contributed by atoms with Gasteiger partial charge in [-0.2, -0.15) is 0 Å². The highest BCUT2D eigenvalue weighted by Crippen LogP contribution is 2.12. The van der Waals surface area contributed by atoms with Crippen molar-refractivity contribution in [2.45, 2.75) is 25.5 Å². The molecule has 0 saturated heterocycles. The van der Waals surface area contributed by atoms with Crippen LogP contribution in [-0.4, -0.2) is 31.9 Å². The molecule has 1 rings (SSSR count). The Kier molecular flexibility index (Phi) is 6.90. The van der Waals surface area contributed by atoms with Gasteiger partial charge < -0.3 is 4.74 Å². The summed E-state index contributed by atoms with van der Waals surface area (Å²) in [5.74, 6) is 7.13. The summed E-state index contributed by atoms with van der Waals surface area (Å²) in [4.78, 5) is 0. The molecule has 20 heavy (non-hydrogen) atoms. The third kappa shape index (κ3) is 5.85. The van der Waals surface area contributed by atoms with Gasteiger partial charge in [-0.3, -0.25) is 0 Å². The second-order valence-corrected chi connectivity index (χ2v) is 7.58. The Balaban J connectivity index is 2.49. The van der Waals surface area contributed by atoms with E-state index in [1.54, 1.807) is 26.0 Å². The molecule has 0 N–H and O–H groups in total. The van der Waals surface area contributed by atoms with Crippen LogP contribution in [0.15, 0.2) is 24.3 Å². The lowest BCUT2D eigenvalue weighted by molar-refractivity contribution is 0.340. The monoisotopic (exact) mass is 314 g/mol. The van der Waals surface area contributed by atoms with Gasteiger partial charge in [-0.1, -0.05) is 11.8 Å². The molecule has 0 fully saturated rings. The van der Waals surface area contributed by atoms with Gasteiger partial charge in [-0.05, 0) is 38.1 Å². The van der Waals surface area contributed by atoms with E-state index < -0.39 is 9.84 Å². The van der Waals surface area contributed by atoms with Crippen molar-refractivity contribution in [3.63, 3.8) is 0 Å². The molecule has 0 atom stereocenters. The van der Waals surface area contributed by atoms with Crippen LogP contribution in [0.2, 0.25) is 0 Å². The lowest BCUT2D eigenvalue weighted by Gasteiger charge is -2.09. The third-order valence-electron chi connectivity index (χ3n) is 2.66. The van der Waals surface area contributed by atoms with Gasteiger partial charge in [0.1, 0.15) is 12.4 Å². The van der Waals surface area contributed by atoms with Crippen LogP contribution in [0, 0.1) is 11.8 Å². The highest BCUT2D eigenvalue weighted by Gasteiger charge is 2.15. The lowest BCUT2D eigenvalue weighted by atomic mass is 10.2. The number of halogens is 1. The first-order chi connectivity index (χ1) is 9.45. The lowest BCUT2D eigenvalue weighted by Crippen LogP contribution is -2.21. The number of rotatable bonds is 6. The molecular formula is C15H19ClO3S. The van der Waals surface area contributed by atoms with Crippen LogP contribution in [0.25, 0.3) is 0 Å². The van der Waals surface area contributed by atoms with E-state index in [1.807, 2.05) is 12.1 Å². The Bertz CT molecular complexity index is 565. The minimum Gasteiger partial charge on any atom is -0.493 e. The normalized spacial score (nSPS) is 11.0. The summed E-state index contributed by atoms with van der Waals surface area (Å²) in [6.07, 6.45) is 0.660. The van der Waals surface area contributed by atoms with Crippen molar-refractivity contribution in [1.29, 1.82) is 0 Å². The number of alkyl halides is 1. The maximum absolute atomic E-state index is 11.6. The van der Waals surface area contributed by atoms with Crippen molar-refractivity contribution in [1.82, 2.24) is 0 Å². The molecule has 0 saturated carbocycles. The smallest absolute Gasteiger partial charge is 0.155 e. The van der Waals surface area contributed by atoms with Crippen LogP contribution < -0.4 is 4.74 Å². The summed E-state index contributed by atoms with van der Waals surface area (Å²) < 4.78 is 28.6. The number of hydrogen-bond acceptors (Lipinski definition) is 3. The molecule has 0 spiro atoms. The van der Waals surface area contributed by atoms with Crippen LogP contribution in [0.3, 0.4) is 0 Å². The molecule has 0 amide bonds. The number of ether oxygens (including phenoxy) is 1. The molecule has 3 nitrogen and oxygen atoms in total. The van der Waals surface area contributed by atoms with Crippen molar-refractivity contribution in [2.24, 2.45) is 0 Å². The zero-order valence-electron chi connectivity index (χ0n) is 11.7. The summed E-state index contributed by atoms with van der Waals surface area (Å²) in [5.41, 5.74) is 0.886. The quantitative estimate of drug-likeness (QED) is 0.599. The van der Waals surface area contributed by atoms with Gasteiger partial charge in [0.25, 0.3) is 0 Å². The standard InChI is InChI=1S/C15H19ClO3S/c1-13(2)20(17,18)12-11-19-15-8-6-14(7-9-15)5-3-4-10-16/h6-9,13H,4,10-12H2,1-2H3. The van der Waals surface area contributed by atoms with E-state index in [0.717, 1.165) is 5.56 Å². The van der Waals surface area contributed by atoms with E-state index in [9.17, 15) is 8.42 Å². The molecule has 0 heterocycles. The Hall–Kier alpha value is -1.18. The molecule has 0 unspecified atom stereocenters. The molecule has 1 aromatic carbocycles. The zero-order valence-corrected chi connectivity index (χ0v) is 13.3. The van der Waals surface area contributed by atoms with Crippen molar-refractivity contribution in [3.8, 4) is 17.6 Å². The van der Waals surface area contributed by atoms with Crippen LogP contribution >= 0.6 is 11.6 Å². The molecule has 5 heteroatoms. The first-order valence-electron chi connectivity index (χ1n) is 6.45. The van der Waals surface area contributed by atoms with Gasteiger partial charge in [0.2, 0.25) is 0 Å². The van der Waals surface area contributed by atoms with Crippen LogP contribution in [0.5, 0.6) is 5.75 Å². The molecular weight excluding hydrogens is 296 g/mol. The molecule has 0 radical (unpaired) electrons. The highest BCUT2D eigenvalue weighted by atomic mass is 35.5. The van der Waals surface area contributed by atoms with Gasteiger partial charge in [0.15, 0.2) is 9.84 Å². The van der Waals surface area contributed by atoms with E-state index >= 15 is 0 Å². The van der Waals surface area contributed by atoms with E-state index in [1.165, 1.54) is 0 Å². The summed E-state index contributed by atoms with van der Waals surface area (Å²) >= 11 is 5.54. The topological polar surface area (TPSA) is 43.4 Å². The zero-order chi connectivity index (χ0) is 15.0. The first kappa shape index (κ1) is 16.9. The maximum atomic E-state index is 11.6. The number of sulfone groups is 1. The Labute approximate surface area is 126 Å². The van der Waals surface area contributed by atoms with Gasteiger partial charge in [0.05, 0.1) is 11.0 Å². The van der Waals surface area contributed by atoms with Gasteiger partial charge in [0, 0.05) is 17.9 Å². The second-order valence-electron chi connectivity index (χ2n) is 4.53. The highest BCUT2D eigenvalue weighted by molar-refractivity contribution is 7.91. The molecule has 0 aliphatic carbocycles. The predicted molar refractivity (Wildman–Crippen MR) is 83.1 cm³/mol. The predicted octanol–water partition coefficient (Wildman–Crippen LogP) is 2.87. The largest absolute Gasteiger partial charge is 0.493 e. The minimum absolute atomic E-state index is 0.0297. The molecule has 0 aromatic heterocycles. The van der Waals surface area contributed by atoms with Gasteiger partial charge in [-0.15, -0.1) is 11.6 Å². The second kappa shape index (κ2) is 8.18. The van der Waals surface area contributed by atoms with Crippen molar-refractivity contribution in [2.75, 3.05) is 18.2 Å². The first-order valence-corrected chi connectivity index (χ1v) is 8.70. The molecule has 0 bridgehead atoms. The fourth-order valence-electron chi connectivity index (χ4n) is 1.36. The summed E-state index contributed by atoms with van der Waals surface area (Å²) in [5, 5.41) is -0.370. The average Bonchev–Trinajstić information content (AvgIpc) is 2.40. The fraction of sp³-hybridized carbons (Fsp3) is 0.467. The number of hydrogen-bond donors (Lipinski definition) is 0. The Morgan fingerprint density at radius 3 is 2.45 bits per heavy atom. The Morgan fingerprint density at radius 2 is 1.90 bits per heavy atom. The summed E-state index contributed by atoms with van der Waals surface area (Å²) in [6.45, 7) is 3.51. The van der Waals surface area contributed by atoms with Gasteiger partial charge in [-0.25, -0.2) is 8.42 Å². The van der Waals surface area contributed by atoms with Gasteiger partial charge >= 0.3 is 0 Å². The van der Waals surface area contributed by atoms with E-state index in [2.05, 4.69) is 11.8 Å². The van der Waals surface area contributed by atoms with Crippen molar-refractivity contribution < 1.29 is 13.2 Å². The maximum Gasteiger partial charge on any atom is 0.155 e. The van der Waals surface area contributed by atoms with E-state index in [-0.39, 0.29) is 17.6 Å². The summed E-state index contributed by atoms with van der Waals surface area (Å²) in [7, 11) is -3.05. The summed E-state index contributed by atoms with van der Waals surface area (Å²) in [6, 6.07) is 7.25.